The minimum absolute atomic E-state index is 0.113. The van der Waals surface area contributed by atoms with Gasteiger partial charge in [0, 0.05) is 64.0 Å². The largest absolute Gasteiger partial charge is 0.372 e. The number of aryl methyl sites for hydroxylation is 3. The molecule has 6 heterocycles. The third-order valence-corrected chi connectivity index (χ3v) is 17.1. The highest BCUT2D eigenvalue weighted by Crippen LogP contribution is 2.56. The lowest BCUT2D eigenvalue weighted by molar-refractivity contribution is 0.282. The maximum Gasteiger partial charge on any atom is 0.236 e. The number of rotatable bonds is 3. The van der Waals surface area contributed by atoms with E-state index in [0.29, 0.717) is 39.0 Å². The summed E-state index contributed by atoms with van der Waals surface area (Å²) in [5, 5.41) is 17.1. The lowest BCUT2D eigenvalue weighted by atomic mass is 9.68. The quantitative estimate of drug-likeness (QED) is 0.167. The topological polar surface area (TPSA) is 138 Å². The zero-order valence-corrected chi connectivity index (χ0v) is 41.4. The van der Waals surface area contributed by atoms with Gasteiger partial charge < -0.3 is 10.6 Å². The molecule has 2 fully saturated rings. The molecule has 12 nitrogen and oxygen atoms in total. The van der Waals surface area contributed by atoms with Crippen LogP contribution >= 0.6 is 15.9 Å². The molecule has 2 N–H and O–H groups in total. The first-order chi connectivity index (χ1) is 32.0. The van der Waals surface area contributed by atoms with Crippen LogP contribution < -0.4 is 10.6 Å². The fourth-order valence-electron chi connectivity index (χ4n) is 10.6. The summed E-state index contributed by atoms with van der Waals surface area (Å²) in [5.74, 6) is -1.64. The van der Waals surface area contributed by atoms with Crippen molar-refractivity contribution in [3.8, 4) is 33.6 Å². The van der Waals surface area contributed by atoms with E-state index in [-0.39, 0.29) is 22.4 Å². The Hall–Kier alpha value is -5.92. The third kappa shape index (κ3) is 7.08. The normalized spacial score (nSPS) is 16.0. The number of nitrogens with zero attached hydrogens (tertiary/aromatic N) is 6. The van der Waals surface area contributed by atoms with Gasteiger partial charge in [-0.1, -0.05) is 15.9 Å². The monoisotopic (exact) mass is 1030 g/mol. The molecule has 68 heavy (non-hydrogen) atoms. The van der Waals surface area contributed by atoms with E-state index in [1.807, 2.05) is 45.0 Å². The Labute approximate surface area is 399 Å². The molecule has 0 saturated heterocycles. The molecular formula is C49H47BrF4N8O4S2. The average molecular weight is 1030 g/mol. The molecule has 2 saturated carbocycles. The summed E-state index contributed by atoms with van der Waals surface area (Å²) in [5.41, 5.74) is 10.6. The number of aromatic nitrogens is 6. The molecule has 2 aliphatic carbocycles. The Balaban J connectivity index is 0.000000131. The molecule has 4 aromatic heterocycles. The Morgan fingerprint density at radius 3 is 1.56 bits per heavy atom. The van der Waals surface area contributed by atoms with Crippen LogP contribution in [0.3, 0.4) is 0 Å². The van der Waals surface area contributed by atoms with E-state index in [2.05, 4.69) is 36.8 Å². The van der Waals surface area contributed by atoms with Crippen molar-refractivity contribution in [3.05, 3.63) is 129 Å². The van der Waals surface area contributed by atoms with Crippen LogP contribution in [-0.4, -0.2) is 56.9 Å². The number of nitrogens with one attached hydrogen (secondary N) is 2. The van der Waals surface area contributed by atoms with Crippen LogP contribution in [0.1, 0.15) is 66.3 Å². The van der Waals surface area contributed by atoms with Crippen LogP contribution in [0.2, 0.25) is 0 Å². The molecule has 0 atom stereocenters. The maximum absolute atomic E-state index is 15.6. The van der Waals surface area contributed by atoms with Crippen LogP contribution in [0, 0.1) is 44.0 Å². The van der Waals surface area contributed by atoms with Crippen molar-refractivity contribution in [2.75, 3.05) is 23.1 Å². The van der Waals surface area contributed by atoms with Gasteiger partial charge in [0.15, 0.2) is 0 Å². The van der Waals surface area contributed by atoms with Gasteiger partial charge in [0.05, 0.1) is 69.8 Å². The van der Waals surface area contributed by atoms with Crippen LogP contribution in [0.4, 0.5) is 28.9 Å². The number of halogens is 5. The van der Waals surface area contributed by atoms with Gasteiger partial charge in [-0.2, -0.15) is 10.2 Å². The predicted molar refractivity (Wildman–Crippen MR) is 261 cm³/mol. The minimum Gasteiger partial charge on any atom is -0.372 e. The number of fused-ring (bicyclic) bond motifs is 10. The van der Waals surface area contributed by atoms with Gasteiger partial charge in [-0.3, -0.25) is 9.36 Å². The molecule has 12 rings (SSSR count). The number of benzene rings is 4. The van der Waals surface area contributed by atoms with E-state index in [9.17, 15) is 30.0 Å². The summed E-state index contributed by atoms with van der Waals surface area (Å²) in [6.45, 7) is 5.65. The first kappa shape index (κ1) is 45.8. The highest BCUT2D eigenvalue weighted by Gasteiger charge is 2.48. The van der Waals surface area contributed by atoms with Crippen LogP contribution in [0.25, 0.3) is 55.4 Å². The van der Waals surface area contributed by atoms with Crippen LogP contribution in [-0.2, 0) is 45.2 Å². The second-order valence-electron chi connectivity index (χ2n) is 18.5. The van der Waals surface area contributed by atoms with Crippen molar-refractivity contribution >= 4 is 69.2 Å². The predicted octanol–water partition coefficient (Wildman–Crippen LogP) is 10.9. The molecule has 8 aromatic rings. The lowest BCUT2D eigenvalue weighted by Gasteiger charge is -2.47. The Kier molecular flexibility index (Phi) is 10.7. The fourth-order valence-corrected chi connectivity index (χ4v) is 12.5. The summed E-state index contributed by atoms with van der Waals surface area (Å²) in [6, 6.07) is 11.4. The van der Waals surface area contributed by atoms with Gasteiger partial charge in [-0.15, -0.1) is 0 Å². The summed E-state index contributed by atoms with van der Waals surface area (Å²) in [4.78, 5) is 0. The van der Waals surface area contributed by atoms with Gasteiger partial charge in [-0.25, -0.2) is 42.3 Å². The molecule has 4 aromatic carbocycles. The zero-order valence-electron chi connectivity index (χ0n) is 38.2. The van der Waals surface area contributed by atoms with E-state index in [0.717, 1.165) is 102 Å². The number of hydrogen-bond donors (Lipinski definition) is 2. The van der Waals surface area contributed by atoms with Crippen molar-refractivity contribution in [1.82, 2.24) is 27.5 Å². The van der Waals surface area contributed by atoms with E-state index in [1.165, 1.54) is 54.7 Å². The molecule has 0 unspecified atom stereocenters. The highest BCUT2D eigenvalue weighted by atomic mass is 79.9. The summed E-state index contributed by atoms with van der Waals surface area (Å²) in [7, 11) is -3.22. The second-order valence-corrected chi connectivity index (χ2v) is 23.0. The molecule has 2 aliphatic heterocycles. The Bertz CT molecular complexity index is 3680. The molecule has 19 heteroatoms. The maximum atomic E-state index is 15.6. The van der Waals surface area contributed by atoms with Crippen molar-refractivity contribution in [3.63, 3.8) is 0 Å². The van der Waals surface area contributed by atoms with Crippen molar-refractivity contribution < 1.29 is 34.4 Å². The van der Waals surface area contributed by atoms with E-state index >= 15 is 4.39 Å². The average Bonchev–Trinajstić information content (AvgIpc) is 4.05. The molecule has 0 bridgehead atoms. The number of anilines is 2. The molecule has 4 aliphatic rings. The lowest BCUT2D eigenvalue weighted by Crippen LogP contribution is -2.44. The summed E-state index contributed by atoms with van der Waals surface area (Å²) in [6.07, 6.45) is 14.9. The molecule has 0 amide bonds. The van der Waals surface area contributed by atoms with E-state index in [1.54, 1.807) is 29.8 Å². The molecule has 354 valence electrons. The van der Waals surface area contributed by atoms with E-state index in [4.69, 9.17) is 0 Å². The van der Waals surface area contributed by atoms with Crippen molar-refractivity contribution in [2.45, 2.75) is 70.4 Å². The van der Waals surface area contributed by atoms with Gasteiger partial charge in [0.25, 0.3) is 0 Å². The minimum atomic E-state index is -3.63. The van der Waals surface area contributed by atoms with Crippen molar-refractivity contribution in [2.24, 2.45) is 14.1 Å². The number of hydrogen-bond acceptors (Lipinski definition) is 8. The smallest absolute Gasteiger partial charge is 0.236 e. The Morgan fingerprint density at radius 2 is 1.07 bits per heavy atom. The van der Waals surface area contributed by atoms with Crippen molar-refractivity contribution in [1.29, 1.82) is 0 Å². The third-order valence-electron chi connectivity index (χ3n) is 14.2. The van der Waals surface area contributed by atoms with E-state index < -0.39 is 37.5 Å². The zero-order chi connectivity index (χ0) is 48.6. The molecule has 2 spiro atoms. The summed E-state index contributed by atoms with van der Waals surface area (Å²) < 4.78 is 112. The first-order valence-corrected chi connectivity index (χ1v) is 26.5. The van der Waals surface area contributed by atoms with Gasteiger partial charge >= 0.3 is 0 Å². The second kappa shape index (κ2) is 15.8. The van der Waals surface area contributed by atoms with Gasteiger partial charge in [-0.05, 0) is 136 Å². The SMILES string of the molecule is Cc1c(-c2cc(F)cc3c2ccn3S(C)(=O)=O)cc(F)c2c1-c1c(cnn1C)C1(CCC1)N2.Cc1c(Br)cc(F)c2c1-c1c(cnn1C)C1(CCC1)N2.Cc1cc(F)cc2c1ccn2S(C)(=O)=O. The van der Waals surface area contributed by atoms with Gasteiger partial charge in [0.2, 0.25) is 20.0 Å². The summed E-state index contributed by atoms with van der Waals surface area (Å²) >= 11 is 3.45. The highest BCUT2D eigenvalue weighted by molar-refractivity contribution is 9.10. The molecule has 0 radical (unpaired) electrons. The fraction of sp³-hybridized carbons (Fsp3) is 0.306. The molecular weight excluding hydrogens is 985 g/mol. The van der Waals surface area contributed by atoms with Gasteiger partial charge in [0.1, 0.15) is 23.3 Å². The standard InChI is InChI=1S/C24H22F2N4O2S.C15H15BrFN3.C10H10FNO2S/c1-13-16(17-9-14(25)10-20-15(17)5-8-30(20)33(3,31)32)11-19(26)22-21(13)23-18(12-27-29(23)2)24(28-22)6-4-7-24;1-8-10(16)6-11(17)13-12(8)14-9(7-18-20(14)2)15(19-13)4-3-5-15;1-7-5-8(11)6-10-9(7)3-4-12(10)15(2,13)14/h5,8-12,28H,4,6-7H2,1-3H3;6-7,19H,3-5H2,1-2H3;3-6H,1-2H3. The Morgan fingerprint density at radius 1 is 0.618 bits per heavy atom. The van der Waals surface area contributed by atoms with Crippen LogP contribution in [0.5, 0.6) is 0 Å². The van der Waals surface area contributed by atoms with Crippen LogP contribution in [0.15, 0.2) is 77.8 Å². The first-order valence-electron chi connectivity index (χ1n) is 22.0.